The molecule has 2 aromatic heterocycles. The average molecular weight is 490 g/mol. The zero-order valence-electron chi connectivity index (χ0n) is 18.7. The number of nitrogens with zero attached hydrogens (tertiary/aromatic N) is 3. The molecule has 0 bridgehead atoms. The number of hydrogen-bond donors (Lipinski definition) is 4. The summed E-state index contributed by atoms with van der Waals surface area (Å²) < 4.78 is 20.1. The standard InChI is InChI=1S/C24H19FN6O5/c1-36-16-8-4-6-14(12-16)19-20(17-9-2-3-10-18(17)25)29-31(30-24(34)35)21(19)23(33)28-27-22(32)15-7-5-11-26-13-15/h2-13,30H,1H3,(H,27,32)(H,28,33)(H,34,35). The van der Waals surface area contributed by atoms with Gasteiger partial charge in [-0.2, -0.15) is 9.89 Å². The van der Waals surface area contributed by atoms with Gasteiger partial charge in [0, 0.05) is 23.5 Å². The third-order valence-corrected chi connectivity index (χ3v) is 5.00. The first-order valence-electron chi connectivity index (χ1n) is 10.4. The van der Waals surface area contributed by atoms with Crippen LogP contribution in [-0.4, -0.2) is 45.0 Å². The molecule has 4 rings (SSSR count). The van der Waals surface area contributed by atoms with Crippen LogP contribution in [0.5, 0.6) is 5.75 Å². The fourth-order valence-corrected chi connectivity index (χ4v) is 3.44. The highest BCUT2D eigenvalue weighted by molar-refractivity contribution is 6.05. The van der Waals surface area contributed by atoms with Crippen molar-refractivity contribution in [3.8, 4) is 28.1 Å². The summed E-state index contributed by atoms with van der Waals surface area (Å²) in [4.78, 5) is 41.7. The van der Waals surface area contributed by atoms with Gasteiger partial charge in [0.1, 0.15) is 17.3 Å². The molecule has 12 heteroatoms. The molecule has 2 heterocycles. The summed E-state index contributed by atoms with van der Waals surface area (Å²) in [5.74, 6) is -1.79. The maximum Gasteiger partial charge on any atom is 0.425 e. The number of methoxy groups -OCH3 is 1. The van der Waals surface area contributed by atoms with Crippen molar-refractivity contribution in [3.63, 3.8) is 0 Å². The van der Waals surface area contributed by atoms with Crippen molar-refractivity contribution in [2.24, 2.45) is 0 Å². The van der Waals surface area contributed by atoms with Crippen LogP contribution in [-0.2, 0) is 0 Å². The Hall–Kier alpha value is -5.26. The first-order valence-corrected chi connectivity index (χ1v) is 10.4. The molecule has 11 nitrogen and oxygen atoms in total. The van der Waals surface area contributed by atoms with E-state index < -0.39 is 23.7 Å². The van der Waals surface area contributed by atoms with Crippen LogP contribution in [0.3, 0.4) is 0 Å². The minimum absolute atomic E-state index is 0.0150. The Morgan fingerprint density at radius 1 is 1.00 bits per heavy atom. The number of benzene rings is 2. The van der Waals surface area contributed by atoms with E-state index in [9.17, 15) is 23.9 Å². The van der Waals surface area contributed by atoms with E-state index in [4.69, 9.17) is 4.74 Å². The van der Waals surface area contributed by atoms with E-state index in [0.29, 0.717) is 16.1 Å². The number of rotatable bonds is 6. The van der Waals surface area contributed by atoms with Crippen molar-refractivity contribution in [2.45, 2.75) is 0 Å². The summed E-state index contributed by atoms with van der Waals surface area (Å²) in [7, 11) is 1.45. The number of pyridine rings is 1. The van der Waals surface area contributed by atoms with Crippen LogP contribution in [0.25, 0.3) is 22.4 Å². The van der Waals surface area contributed by atoms with Crippen molar-refractivity contribution in [3.05, 3.63) is 90.1 Å². The second-order valence-electron chi connectivity index (χ2n) is 7.26. The van der Waals surface area contributed by atoms with E-state index in [2.05, 4.69) is 20.9 Å². The number of carbonyl (C=O) groups is 3. The number of halogens is 1. The molecule has 0 unspecified atom stereocenters. The van der Waals surface area contributed by atoms with Gasteiger partial charge in [0.15, 0.2) is 5.69 Å². The van der Waals surface area contributed by atoms with Crippen LogP contribution in [0.2, 0.25) is 0 Å². The molecule has 0 saturated carbocycles. The van der Waals surface area contributed by atoms with Gasteiger partial charge >= 0.3 is 6.09 Å². The lowest BCUT2D eigenvalue weighted by molar-refractivity contribution is 0.0841. The second kappa shape index (κ2) is 10.3. The molecule has 0 aliphatic rings. The molecule has 0 aliphatic carbocycles. The van der Waals surface area contributed by atoms with E-state index in [1.165, 1.54) is 43.8 Å². The maximum absolute atomic E-state index is 14.8. The summed E-state index contributed by atoms with van der Waals surface area (Å²) in [5, 5.41) is 13.5. The molecule has 3 amide bonds. The van der Waals surface area contributed by atoms with Crippen molar-refractivity contribution in [2.75, 3.05) is 12.5 Å². The molecular weight excluding hydrogens is 471 g/mol. The number of carbonyl (C=O) groups excluding carboxylic acids is 2. The summed E-state index contributed by atoms with van der Waals surface area (Å²) in [5.41, 5.74) is 6.85. The highest BCUT2D eigenvalue weighted by atomic mass is 19.1. The number of hydrazine groups is 1. The van der Waals surface area contributed by atoms with Crippen molar-refractivity contribution in [1.29, 1.82) is 0 Å². The normalized spacial score (nSPS) is 10.4. The van der Waals surface area contributed by atoms with Crippen molar-refractivity contribution >= 4 is 17.9 Å². The molecule has 36 heavy (non-hydrogen) atoms. The van der Waals surface area contributed by atoms with Crippen LogP contribution in [0.4, 0.5) is 9.18 Å². The zero-order valence-corrected chi connectivity index (χ0v) is 18.7. The number of ether oxygens (including phenoxy) is 1. The lowest BCUT2D eigenvalue weighted by Crippen LogP contribution is -2.43. The fraction of sp³-hybridized carbons (Fsp3) is 0.0417. The summed E-state index contributed by atoms with van der Waals surface area (Å²) in [6.45, 7) is 0. The van der Waals surface area contributed by atoms with Crippen LogP contribution in [0.1, 0.15) is 20.8 Å². The molecule has 0 atom stereocenters. The molecule has 2 aromatic carbocycles. The Bertz CT molecular complexity index is 1440. The van der Waals surface area contributed by atoms with Crippen molar-refractivity contribution < 1.29 is 28.6 Å². The fourth-order valence-electron chi connectivity index (χ4n) is 3.44. The highest BCUT2D eigenvalue weighted by Gasteiger charge is 2.28. The summed E-state index contributed by atoms with van der Waals surface area (Å²) in [6, 6.07) is 15.3. The molecule has 0 fully saturated rings. The van der Waals surface area contributed by atoms with Gasteiger partial charge in [-0.05, 0) is 42.0 Å². The third kappa shape index (κ3) is 4.97. The largest absolute Gasteiger partial charge is 0.497 e. The van der Waals surface area contributed by atoms with Gasteiger partial charge in [0.2, 0.25) is 0 Å². The smallest absolute Gasteiger partial charge is 0.425 e. The first kappa shape index (κ1) is 23.9. The molecule has 4 N–H and O–H groups in total. The lowest BCUT2D eigenvalue weighted by Gasteiger charge is -2.12. The Morgan fingerprint density at radius 2 is 1.78 bits per heavy atom. The molecular formula is C24H19FN6O5. The van der Waals surface area contributed by atoms with Crippen LogP contribution in [0.15, 0.2) is 73.1 Å². The number of amides is 3. The van der Waals surface area contributed by atoms with Gasteiger partial charge in [-0.25, -0.2) is 14.6 Å². The van der Waals surface area contributed by atoms with Gasteiger partial charge in [0.25, 0.3) is 11.8 Å². The summed E-state index contributed by atoms with van der Waals surface area (Å²) >= 11 is 0. The average Bonchev–Trinajstić information content (AvgIpc) is 3.26. The molecule has 4 aromatic rings. The molecule has 0 saturated heterocycles. The Balaban J connectivity index is 1.85. The van der Waals surface area contributed by atoms with Crippen LogP contribution < -0.4 is 21.0 Å². The maximum atomic E-state index is 14.8. The number of nitrogens with one attached hydrogen (secondary N) is 3. The van der Waals surface area contributed by atoms with Gasteiger partial charge < -0.3 is 9.84 Å². The second-order valence-corrected chi connectivity index (χ2v) is 7.26. The molecule has 0 spiro atoms. The predicted octanol–water partition coefficient (Wildman–Crippen LogP) is 3.06. The molecule has 182 valence electrons. The zero-order chi connectivity index (χ0) is 25.7. The Labute approximate surface area is 203 Å². The predicted molar refractivity (Wildman–Crippen MR) is 126 cm³/mol. The minimum Gasteiger partial charge on any atom is -0.497 e. The Kier molecular flexibility index (Phi) is 6.86. The minimum atomic E-state index is -1.52. The van der Waals surface area contributed by atoms with E-state index in [-0.39, 0.29) is 28.1 Å². The topological polar surface area (TPSA) is 147 Å². The SMILES string of the molecule is COc1cccc(-c2c(-c3ccccc3F)nn(NC(=O)O)c2C(=O)NNC(=O)c2cccnc2)c1. The van der Waals surface area contributed by atoms with Crippen LogP contribution in [0, 0.1) is 5.82 Å². The number of hydrogen-bond acceptors (Lipinski definition) is 6. The first-order chi connectivity index (χ1) is 17.4. The molecule has 0 radical (unpaired) electrons. The van der Waals surface area contributed by atoms with Gasteiger partial charge in [-0.1, -0.05) is 24.3 Å². The van der Waals surface area contributed by atoms with Crippen molar-refractivity contribution in [1.82, 2.24) is 25.7 Å². The van der Waals surface area contributed by atoms with Crippen LogP contribution >= 0.6 is 0 Å². The molecule has 0 aliphatic heterocycles. The summed E-state index contributed by atoms with van der Waals surface area (Å²) in [6.07, 6.45) is 1.26. The quantitative estimate of drug-likeness (QED) is 0.304. The van der Waals surface area contributed by atoms with E-state index >= 15 is 0 Å². The lowest BCUT2D eigenvalue weighted by atomic mass is 9.98. The monoisotopic (exact) mass is 490 g/mol. The highest BCUT2D eigenvalue weighted by Crippen LogP contribution is 2.36. The van der Waals surface area contributed by atoms with E-state index in [1.54, 1.807) is 36.4 Å². The number of aromatic nitrogens is 3. The third-order valence-electron chi connectivity index (χ3n) is 5.00. The number of carboxylic acid groups (broad SMARTS) is 1. The van der Waals surface area contributed by atoms with Gasteiger partial charge in [-0.3, -0.25) is 25.4 Å². The van der Waals surface area contributed by atoms with E-state index in [0.717, 1.165) is 0 Å². The van der Waals surface area contributed by atoms with E-state index in [1.807, 2.05) is 5.43 Å². The Morgan fingerprint density at radius 3 is 2.47 bits per heavy atom. The van der Waals surface area contributed by atoms with Gasteiger partial charge in [0.05, 0.1) is 12.7 Å². The van der Waals surface area contributed by atoms with Gasteiger partial charge in [-0.15, -0.1) is 0 Å².